The molecule has 0 aliphatic carbocycles. The van der Waals surface area contributed by atoms with Gasteiger partial charge in [0.1, 0.15) is 12.4 Å². The minimum atomic E-state index is -0.0618. The van der Waals surface area contributed by atoms with Gasteiger partial charge >= 0.3 is 0 Å². The highest BCUT2D eigenvalue weighted by molar-refractivity contribution is 7.98. The van der Waals surface area contributed by atoms with E-state index in [0.717, 1.165) is 10.7 Å². The topological polar surface area (TPSA) is 39.8 Å². The first kappa shape index (κ1) is 19.6. The van der Waals surface area contributed by atoms with E-state index in [9.17, 15) is 4.79 Å². The minimum absolute atomic E-state index is 0.0618. The van der Waals surface area contributed by atoms with Crippen LogP contribution in [0.5, 0.6) is 0 Å². The summed E-state index contributed by atoms with van der Waals surface area (Å²) >= 11 is 13.1. The highest BCUT2D eigenvalue weighted by Gasteiger charge is 2.14. The molecule has 0 saturated carbocycles. The highest BCUT2D eigenvalue weighted by atomic mass is 35.5. The lowest BCUT2D eigenvalue weighted by Crippen LogP contribution is -2.12. The molecule has 3 aromatic rings. The second-order valence-corrected chi connectivity index (χ2v) is 7.64. The van der Waals surface area contributed by atoms with Gasteiger partial charge in [-0.25, -0.2) is 4.68 Å². The summed E-state index contributed by atoms with van der Waals surface area (Å²) < 4.78 is 4.00. The Hall–Kier alpha value is -2.15. The van der Waals surface area contributed by atoms with Gasteiger partial charge in [0.15, 0.2) is 10.6 Å². The van der Waals surface area contributed by atoms with Crippen molar-refractivity contribution in [3.8, 4) is 0 Å². The van der Waals surface area contributed by atoms with E-state index in [0.29, 0.717) is 27.7 Å². The number of benzene rings is 2. The van der Waals surface area contributed by atoms with Crippen molar-refractivity contribution in [3.63, 3.8) is 0 Å². The average Bonchev–Trinajstić information content (AvgIpc) is 2.97. The van der Waals surface area contributed by atoms with Crippen molar-refractivity contribution >= 4 is 41.4 Å². The third-order valence-corrected chi connectivity index (χ3v) is 5.57. The van der Waals surface area contributed by atoms with Gasteiger partial charge in [0.05, 0.1) is 5.75 Å². The number of thioether (sulfide) groups is 1. The first-order chi connectivity index (χ1) is 13.1. The van der Waals surface area contributed by atoms with E-state index >= 15 is 0 Å². The molecule has 0 unspecified atom stereocenters. The number of hydrogen-bond acceptors (Lipinski definition) is 4. The number of carbonyl (C=O) groups excluding carboxylic acids is 1. The molecule has 0 radical (unpaired) electrons. The Bertz CT molecular complexity index is 994. The van der Waals surface area contributed by atoms with Gasteiger partial charge in [-0.3, -0.25) is 9.36 Å². The summed E-state index contributed by atoms with van der Waals surface area (Å²) in [6.07, 6.45) is 1.78. The zero-order valence-corrected chi connectivity index (χ0v) is 16.9. The van der Waals surface area contributed by atoms with Gasteiger partial charge < -0.3 is 0 Å². The van der Waals surface area contributed by atoms with Crippen molar-refractivity contribution in [2.75, 3.05) is 0 Å². The standard InChI is InChI=1S/C20H18ClN3OS2/c1-2-12-23-19(14-27-17-6-4-3-5-7-17)22-24(20(23)26)13-18(25)15-8-10-16(21)11-9-15/h2-11H,1,12-14H2. The molecule has 27 heavy (non-hydrogen) atoms. The molecule has 0 amide bonds. The van der Waals surface area contributed by atoms with Gasteiger partial charge in [-0.1, -0.05) is 35.9 Å². The number of carbonyl (C=O) groups is 1. The summed E-state index contributed by atoms with van der Waals surface area (Å²) in [5, 5.41) is 5.18. The Labute approximate surface area is 172 Å². The highest BCUT2D eigenvalue weighted by Crippen LogP contribution is 2.22. The summed E-state index contributed by atoms with van der Waals surface area (Å²) in [7, 11) is 0. The molecule has 3 rings (SSSR count). The number of ketones is 1. The molecule has 138 valence electrons. The minimum Gasteiger partial charge on any atom is -0.299 e. The van der Waals surface area contributed by atoms with Crippen LogP contribution in [0.1, 0.15) is 16.2 Å². The maximum absolute atomic E-state index is 12.6. The number of hydrogen-bond donors (Lipinski definition) is 0. The number of rotatable bonds is 8. The maximum Gasteiger partial charge on any atom is 0.198 e. The van der Waals surface area contributed by atoms with Gasteiger partial charge in [0.2, 0.25) is 0 Å². The molecule has 0 aliphatic rings. The Morgan fingerprint density at radius 2 is 1.89 bits per heavy atom. The van der Waals surface area contributed by atoms with Crippen molar-refractivity contribution in [1.82, 2.24) is 14.3 Å². The van der Waals surface area contributed by atoms with E-state index < -0.39 is 0 Å². The third-order valence-electron chi connectivity index (χ3n) is 3.88. The number of halogens is 1. The Balaban J connectivity index is 1.81. The average molecular weight is 416 g/mol. The third kappa shape index (κ3) is 4.97. The van der Waals surface area contributed by atoms with E-state index in [2.05, 4.69) is 23.8 Å². The van der Waals surface area contributed by atoms with Crippen molar-refractivity contribution in [2.24, 2.45) is 0 Å². The van der Waals surface area contributed by atoms with E-state index in [4.69, 9.17) is 23.8 Å². The number of nitrogens with zero attached hydrogens (tertiary/aromatic N) is 3. The summed E-state index contributed by atoms with van der Waals surface area (Å²) in [5.74, 6) is 1.41. The van der Waals surface area contributed by atoms with Gasteiger partial charge in [-0.2, -0.15) is 5.10 Å². The number of allylic oxidation sites excluding steroid dienone is 1. The fourth-order valence-corrected chi connectivity index (χ4v) is 3.81. The molecule has 0 spiro atoms. The van der Waals surface area contributed by atoms with Crippen LogP contribution in [0.15, 0.2) is 72.1 Å². The lowest BCUT2D eigenvalue weighted by atomic mass is 10.1. The smallest absolute Gasteiger partial charge is 0.198 e. The molecule has 0 N–H and O–H groups in total. The summed E-state index contributed by atoms with van der Waals surface area (Å²) in [6.45, 7) is 4.44. The molecule has 2 aromatic carbocycles. The number of aromatic nitrogens is 3. The second-order valence-electron chi connectivity index (χ2n) is 5.79. The lowest BCUT2D eigenvalue weighted by molar-refractivity contribution is 0.0967. The predicted molar refractivity (Wildman–Crippen MR) is 113 cm³/mol. The van der Waals surface area contributed by atoms with Gasteiger partial charge in [-0.15, -0.1) is 18.3 Å². The van der Waals surface area contributed by atoms with Crippen molar-refractivity contribution in [1.29, 1.82) is 0 Å². The molecule has 0 aliphatic heterocycles. The Morgan fingerprint density at radius 1 is 1.19 bits per heavy atom. The molecule has 0 bridgehead atoms. The van der Waals surface area contributed by atoms with E-state index in [-0.39, 0.29) is 12.3 Å². The van der Waals surface area contributed by atoms with Crippen molar-refractivity contribution < 1.29 is 4.79 Å². The molecule has 1 heterocycles. The monoisotopic (exact) mass is 415 g/mol. The summed E-state index contributed by atoms with van der Waals surface area (Å²) in [5.41, 5.74) is 0.583. The maximum atomic E-state index is 12.6. The van der Waals surface area contributed by atoms with Crippen LogP contribution in [0.25, 0.3) is 0 Å². The fourth-order valence-electron chi connectivity index (χ4n) is 2.54. The summed E-state index contributed by atoms with van der Waals surface area (Å²) in [4.78, 5) is 13.7. The van der Waals surface area contributed by atoms with Crippen LogP contribution in [-0.4, -0.2) is 20.1 Å². The molecular weight excluding hydrogens is 398 g/mol. The zero-order valence-electron chi connectivity index (χ0n) is 14.5. The van der Waals surface area contributed by atoms with Gasteiger partial charge in [0.25, 0.3) is 0 Å². The van der Waals surface area contributed by atoms with Crippen LogP contribution in [0.2, 0.25) is 5.02 Å². The molecule has 4 nitrogen and oxygen atoms in total. The quantitative estimate of drug-likeness (QED) is 0.213. The van der Waals surface area contributed by atoms with Crippen LogP contribution >= 0.6 is 35.6 Å². The van der Waals surface area contributed by atoms with Crippen molar-refractivity contribution in [2.45, 2.75) is 23.7 Å². The first-order valence-electron chi connectivity index (χ1n) is 8.32. The molecule has 1 aromatic heterocycles. The van der Waals surface area contributed by atoms with Crippen LogP contribution < -0.4 is 0 Å². The van der Waals surface area contributed by atoms with Crippen LogP contribution in [0.3, 0.4) is 0 Å². The fraction of sp³-hybridized carbons (Fsp3) is 0.150. The van der Waals surface area contributed by atoms with E-state index in [1.165, 1.54) is 0 Å². The molecule has 0 fully saturated rings. The second kappa shape index (κ2) is 9.17. The largest absolute Gasteiger partial charge is 0.299 e. The summed E-state index contributed by atoms with van der Waals surface area (Å²) in [6, 6.07) is 16.9. The van der Waals surface area contributed by atoms with Crippen LogP contribution in [0, 0.1) is 4.77 Å². The van der Waals surface area contributed by atoms with Gasteiger partial charge in [-0.05, 0) is 48.6 Å². The zero-order chi connectivity index (χ0) is 19.2. The lowest BCUT2D eigenvalue weighted by Gasteiger charge is -2.03. The first-order valence-corrected chi connectivity index (χ1v) is 10.1. The SMILES string of the molecule is C=CCn1c(CSc2ccccc2)nn(CC(=O)c2ccc(Cl)cc2)c1=S. The van der Waals surface area contributed by atoms with Crippen LogP contribution in [0.4, 0.5) is 0 Å². The molecule has 0 saturated heterocycles. The van der Waals surface area contributed by atoms with Gasteiger partial charge in [0, 0.05) is 22.0 Å². The molecular formula is C20H18ClN3OS2. The molecule has 7 heteroatoms. The van der Waals surface area contributed by atoms with E-state index in [1.54, 1.807) is 46.8 Å². The number of Topliss-reactive ketones (excluding diaryl/α,β-unsaturated/α-hetero) is 1. The van der Waals surface area contributed by atoms with Crippen LogP contribution in [-0.2, 0) is 18.8 Å². The van der Waals surface area contributed by atoms with E-state index in [1.807, 2.05) is 22.8 Å². The Kier molecular flexibility index (Phi) is 6.66. The van der Waals surface area contributed by atoms with Crippen molar-refractivity contribution in [3.05, 3.63) is 88.4 Å². The normalized spacial score (nSPS) is 10.7. The molecule has 0 atom stereocenters. The Morgan fingerprint density at radius 3 is 2.56 bits per heavy atom. The predicted octanol–water partition coefficient (Wildman–Crippen LogP) is 5.43.